The number of hydrogen-bond donors (Lipinski definition) is 0. The van der Waals surface area contributed by atoms with Gasteiger partial charge < -0.3 is 10.1 Å². The van der Waals surface area contributed by atoms with Crippen molar-refractivity contribution >= 4 is 26.2 Å². The molecule has 0 spiro atoms. The molecule has 0 amide bonds. The van der Waals surface area contributed by atoms with Crippen LogP contribution < -0.4 is 0 Å². The molecule has 0 aromatic heterocycles. The smallest absolute Gasteiger partial charge is 0 e. The summed E-state index contributed by atoms with van der Waals surface area (Å²) in [7, 11) is 0. The van der Waals surface area contributed by atoms with Crippen LogP contribution in [0.3, 0.4) is 0 Å². The van der Waals surface area contributed by atoms with E-state index in [2.05, 4.69) is 0 Å². The van der Waals surface area contributed by atoms with Crippen molar-refractivity contribution in [2.24, 2.45) is 5.34 Å². The molecule has 0 aromatic carbocycles. The van der Waals surface area contributed by atoms with Crippen molar-refractivity contribution < 1.29 is 0 Å². The van der Waals surface area contributed by atoms with Gasteiger partial charge in [-0.25, -0.2) is 0 Å². The zero-order chi connectivity index (χ0) is 2.71. The Bertz CT molecular complexity index is 13.5. The molecule has 0 N–H and O–H groups in total. The fourth-order valence-corrected chi connectivity index (χ4v) is 0. The van der Waals surface area contributed by atoms with Crippen LogP contribution in [0.4, 0.5) is 0 Å². The molecule has 23 valence electrons. The van der Waals surface area contributed by atoms with Crippen molar-refractivity contribution in [2.45, 2.75) is 0 Å². The molecule has 3 nitrogen and oxygen atoms in total. The first kappa shape index (κ1) is 8.86. The minimum Gasteiger partial charge on any atom is -0.444 e. The standard InChI is InChI=1S/Bi.HNO2/c;2-1-3/h;(H,2,3)/p-1. The van der Waals surface area contributed by atoms with Crippen molar-refractivity contribution in [1.29, 1.82) is 0 Å². The monoisotopic (exact) mass is 255 g/mol. The van der Waals surface area contributed by atoms with Crippen LogP contribution in [-0.4, -0.2) is 26.2 Å². The first-order chi connectivity index (χ1) is 1.41. The summed E-state index contributed by atoms with van der Waals surface area (Å²) in [6.07, 6.45) is 0. The first-order valence-electron chi connectivity index (χ1n) is 0.365. The normalized spacial score (nSPS) is 3.00. The van der Waals surface area contributed by atoms with E-state index < -0.39 is 0 Å². The zero-order valence-corrected chi connectivity index (χ0v) is 5.19. The van der Waals surface area contributed by atoms with Crippen molar-refractivity contribution in [2.75, 3.05) is 0 Å². The summed E-state index contributed by atoms with van der Waals surface area (Å²) in [5.74, 6) is 0. The third kappa shape index (κ3) is 46.9. The molecule has 0 saturated carbocycles. The molecule has 0 aliphatic rings. The molecule has 4 heavy (non-hydrogen) atoms. The van der Waals surface area contributed by atoms with Crippen LogP contribution in [0.1, 0.15) is 0 Å². The summed E-state index contributed by atoms with van der Waals surface area (Å²) >= 11 is 0. The average Bonchev–Trinajstić information content (AvgIpc) is 0.918. The molecule has 0 atom stereocenters. The Morgan fingerprint density at radius 2 is 1.75 bits per heavy atom. The van der Waals surface area contributed by atoms with Gasteiger partial charge in [0.05, 0.1) is 0 Å². The predicted molar refractivity (Wildman–Crippen MR) is 14.9 cm³/mol. The number of nitrogens with zero attached hydrogens (tertiary/aromatic N) is 1. The maximum absolute atomic E-state index is 8.00. The van der Waals surface area contributed by atoms with Gasteiger partial charge in [-0.1, -0.05) is 0 Å². The average molecular weight is 255 g/mol. The van der Waals surface area contributed by atoms with Crippen molar-refractivity contribution in [1.82, 2.24) is 0 Å². The minimum atomic E-state index is 0. The second-order valence-electron chi connectivity index (χ2n) is 0.0745. The molecular formula is BiNO2-. The quantitative estimate of drug-likeness (QED) is 0.344. The van der Waals surface area contributed by atoms with E-state index in [1.807, 2.05) is 0 Å². The summed E-state index contributed by atoms with van der Waals surface area (Å²) in [6.45, 7) is 0. The van der Waals surface area contributed by atoms with E-state index in [1.54, 1.807) is 0 Å². The van der Waals surface area contributed by atoms with Gasteiger partial charge in [0.15, 0.2) is 0 Å². The van der Waals surface area contributed by atoms with Crippen molar-refractivity contribution in [3.8, 4) is 0 Å². The van der Waals surface area contributed by atoms with Crippen LogP contribution in [0.15, 0.2) is 5.34 Å². The van der Waals surface area contributed by atoms with Gasteiger partial charge in [-0.2, -0.15) is 0 Å². The summed E-state index contributed by atoms with van der Waals surface area (Å²) in [4.78, 5) is 8.00. The Hall–Kier alpha value is 0.283. The van der Waals surface area contributed by atoms with Gasteiger partial charge in [0, 0.05) is 26.2 Å². The summed E-state index contributed by atoms with van der Waals surface area (Å²) < 4.78 is 0. The second-order valence-corrected chi connectivity index (χ2v) is 0.0745. The molecule has 0 bridgehead atoms. The van der Waals surface area contributed by atoms with Gasteiger partial charge in [0.1, 0.15) is 0 Å². The van der Waals surface area contributed by atoms with Crippen LogP contribution in [0.5, 0.6) is 0 Å². The van der Waals surface area contributed by atoms with E-state index in [-0.39, 0.29) is 26.2 Å². The summed E-state index contributed by atoms with van der Waals surface area (Å²) in [5.41, 5.74) is 0. The van der Waals surface area contributed by atoms with Gasteiger partial charge in [-0.15, -0.1) is 5.34 Å². The largest absolute Gasteiger partial charge is 0.444 e. The topological polar surface area (TPSA) is 52.5 Å². The second kappa shape index (κ2) is 10.4. The van der Waals surface area contributed by atoms with Gasteiger partial charge in [0.2, 0.25) is 0 Å². The van der Waals surface area contributed by atoms with Crippen LogP contribution >= 0.6 is 0 Å². The molecule has 0 unspecified atom stereocenters. The van der Waals surface area contributed by atoms with Crippen LogP contribution in [0, 0.1) is 10.1 Å². The van der Waals surface area contributed by atoms with Crippen LogP contribution in [0.2, 0.25) is 0 Å². The third-order valence-electron chi connectivity index (χ3n) is 0. The molecule has 0 saturated heterocycles. The van der Waals surface area contributed by atoms with Crippen LogP contribution in [0.25, 0.3) is 0 Å². The Morgan fingerprint density at radius 3 is 1.75 bits per heavy atom. The molecule has 4 heteroatoms. The molecule has 0 aliphatic carbocycles. The van der Waals surface area contributed by atoms with E-state index in [9.17, 15) is 0 Å². The van der Waals surface area contributed by atoms with E-state index in [0.29, 0.717) is 0 Å². The van der Waals surface area contributed by atoms with Gasteiger partial charge in [-0.05, 0) is 0 Å². The van der Waals surface area contributed by atoms with Gasteiger partial charge in [0.25, 0.3) is 0 Å². The van der Waals surface area contributed by atoms with E-state index in [0.717, 1.165) is 5.34 Å². The Balaban J connectivity index is 0. The molecular weight excluding hydrogens is 255 g/mol. The first-order valence-corrected chi connectivity index (χ1v) is 0.365. The molecule has 0 aromatic rings. The molecule has 0 heterocycles. The maximum atomic E-state index is 8.00. The fraction of sp³-hybridized carbons (Fsp3) is 0. The van der Waals surface area contributed by atoms with Gasteiger partial charge >= 0.3 is 0 Å². The SMILES string of the molecule is O=N[O-].[Bi]. The Morgan fingerprint density at radius 1 is 1.75 bits per heavy atom. The summed E-state index contributed by atoms with van der Waals surface area (Å²) in [5, 5.41) is 9.00. The fourth-order valence-electron chi connectivity index (χ4n) is 0. The predicted octanol–water partition coefficient (Wildman–Crippen LogP) is -0.130. The van der Waals surface area contributed by atoms with Crippen molar-refractivity contribution in [3.63, 3.8) is 0 Å². The van der Waals surface area contributed by atoms with Gasteiger partial charge in [-0.3, -0.25) is 0 Å². The van der Waals surface area contributed by atoms with E-state index in [1.165, 1.54) is 0 Å². The molecule has 0 fully saturated rings. The third-order valence-corrected chi connectivity index (χ3v) is 0. The van der Waals surface area contributed by atoms with Crippen molar-refractivity contribution in [3.05, 3.63) is 10.1 Å². The zero-order valence-electron chi connectivity index (χ0n) is 1.71. The molecule has 3 radical (unpaired) electrons. The van der Waals surface area contributed by atoms with Crippen LogP contribution in [-0.2, 0) is 0 Å². The minimum absolute atomic E-state index is 0. The Labute approximate surface area is 42.1 Å². The summed E-state index contributed by atoms with van der Waals surface area (Å²) in [6, 6.07) is 0. The van der Waals surface area contributed by atoms with E-state index >= 15 is 0 Å². The Kier molecular flexibility index (Phi) is 23.0. The molecule has 0 aliphatic heterocycles. The number of rotatable bonds is 0. The maximum Gasteiger partial charge on any atom is 0 e. The molecule has 0 rings (SSSR count). The van der Waals surface area contributed by atoms with E-state index in [4.69, 9.17) is 10.1 Å². The number of hydrogen-bond acceptors (Lipinski definition) is 3.